The Morgan fingerprint density at radius 1 is 1.43 bits per heavy atom. The van der Waals surface area contributed by atoms with Gasteiger partial charge in [0.2, 0.25) is 0 Å². The number of likely N-dealkylation sites (N-methyl/N-ethyl adjacent to an activating group) is 1. The van der Waals surface area contributed by atoms with Gasteiger partial charge in [0.05, 0.1) is 0 Å². The topological polar surface area (TPSA) is 12.5 Å². The zero-order valence-corrected chi connectivity index (χ0v) is 8.60. The molecule has 0 amide bonds. The molecular formula is C8H16BF3NO-. The highest BCUT2D eigenvalue weighted by Gasteiger charge is 2.26. The Hall–Kier alpha value is -0.485. The van der Waals surface area contributed by atoms with E-state index in [-0.39, 0.29) is 6.54 Å². The maximum Gasteiger partial charge on any atom is 0.506 e. The van der Waals surface area contributed by atoms with E-state index in [1.807, 2.05) is 0 Å². The second-order valence-electron chi connectivity index (χ2n) is 3.32. The fraction of sp³-hybridized carbons (Fsp3) is 0.750. The number of nitrogens with zero attached hydrogens (tertiary/aromatic N) is 1. The fourth-order valence-electron chi connectivity index (χ4n) is 1.01. The van der Waals surface area contributed by atoms with E-state index in [0.717, 1.165) is 6.42 Å². The Labute approximate surface area is 82.8 Å². The summed E-state index contributed by atoms with van der Waals surface area (Å²) in [5, 5.41) is 0. The number of hydrogen-bond acceptors (Lipinski definition) is 2. The van der Waals surface area contributed by atoms with E-state index < -0.39 is 12.4 Å². The van der Waals surface area contributed by atoms with E-state index in [0.29, 0.717) is 13.2 Å². The van der Waals surface area contributed by atoms with Gasteiger partial charge in [0.15, 0.2) is 0 Å². The van der Waals surface area contributed by atoms with Gasteiger partial charge in [0.25, 0.3) is 0 Å². The lowest BCUT2D eigenvalue weighted by Crippen LogP contribution is -2.31. The van der Waals surface area contributed by atoms with Crippen LogP contribution in [0, 0.1) is 0 Å². The quantitative estimate of drug-likeness (QED) is 0.470. The molecule has 0 bridgehead atoms. The first kappa shape index (κ1) is 13.5. The van der Waals surface area contributed by atoms with Crippen molar-refractivity contribution in [2.24, 2.45) is 0 Å². The summed E-state index contributed by atoms with van der Waals surface area (Å²) in [5.74, 6) is 0. The third kappa shape index (κ3) is 6.04. The van der Waals surface area contributed by atoms with Crippen molar-refractivity contribution in [3.05, 3.63) is 12.1 Å². The maximum absolute atomic E-state index is 12.1. The molecule has 0 aliphatic heterocycles. The Bertz CT molecular complexity index is 184. The molecule has 14 heavy (non-hydrogen) atoms. The highest BCUT2D eigenvalue weighted by atomic mass is 19.4. The van der Waals surface area contributed by atoms with Crippen LogP contribution in [0.25, 0.3) is 0 Å². The Morgan fingerprint density at radius 3 is 2.43 bits per heavy atom. The molecule has 0 rings (SSSR count). The Morgan fingerprint density at radius 2 is 2.00 bits per heavy atom. The molecular weight excluding hydrogens is 194 g/mol. The standard InChI is InChI=1S/C8H16BF3NO/c1-8(9(10,11)12)7-13(2)5-4-6-14-3/h1,4-7H2,2-3H3/q-1. The van der Waals surface area contributed by atoms with Crippen molar-refractivity contribution in [1.82, 2.24) is 4.90 Å². The molecule has 0 fully saturated rings. The van der Waals surface area contributed by atoms with Crippen LogP contribution >= 0.6 is 0 Å². The summed E-state index contributed by atoms with van der Waals surface area (Å²) >= 11 is 0. The Kier molecular flexibility index (Phi) is 5.87. The molecule has 0 aromatic carbocycles. The van der Waals surface area contributed by atoms with Crippen LogP contribution in [0.15, 0.2) is 12.1 Å². The first-order valence-electron chi connectivity index (χ1n) is 4.43. The number of methoxy groups -OCH3 is 1. The van der Waals surface area contributed by atoms with Gasteiger partial charge in [-0.2, -0.15) is 0 Å². The smallest absolute Gasteiger partial charge is 0.445 e. The summed E-state index contributed by atoms with van der Waals surface area (Å²) in [6.07, 6.45) is 0.727. The minimum atomic E-state index is -4.89. The van der Waals surface area contributed by atoms with Gasteiger partial charge >= 0.3 is 6.98 Å². The molecule has 2 nitrogen and oxygen atoms in total. The van der Waals surface area contributed by atoms with Crippen LogP contribution in [0.4, 0.5) is 12.9 Å². The predicted octanol–water partition coefficient (Wildman–Crippen LogP) is 1.90. The van der Waals surface area contributed by atoms with Gasteiger partial charge in [-0.25, -0.2) is 0 Å². The van der Waals surface area contributed by atoms with Crippen LogP contribution < -0.4 is 0 Å². The minimum absolute atomic E-state index is 0.118. The summed E-state index contributed by atoms with van der Waals surface area (Å²) in [6.45, 7) is -0.840. The van der Waals surface area contributed by atoms with E-state index in [9.17, 15) is 12.9 Å². The highest BCUT2D eigenvalue weighted by molar-refractivity contribution is 6.66. The molecule has 0 heterocycles. The molecule has 0 saturated heterocycles. The zero-order valence-electron chi connectivity index (χ0n) is 8.60. The van der Waals surface area contributed by atoms with Crippen LogP contribution in [0.1, 0.15) is 6.42 Å². The van der Waals surface area contributed by atoms with Crippen molar-refractivity contribution in [2.45, 2.75) is 6.42 Å². The fourth-order valence-corrected chi connectivity index (χ4v) is 1.01. The van der Waals surface area contributed by atoms with Crippen molar-refractivity contribution in [2.75, 3.05) is 33.9 Å². The second-order valence-corrected chi connectivity index (χ2v) is 3.32. The third-order valence-corrected chi connectivity index (χ3v) is 1.82. The number of hydrogen-bond donors (Lipinski definition) is 0. The van der Waals surface area contributed by atoms with Gasteiger partial charge in [0.1, 0.15) is 0 Å². The van der Waals surface area contributed by atoms with Crippen LogP contribution in [0.3, 0.4) is 0 Å². The van der Waals surface area contributed by atoms with Crippen molar-refractivity contribution in [3.63, 3.8) is 0 Å². The predicted molar refractivity (Wildman–Crippen MR) is 52.2 cm³/mol. The average molecular weight is 210 g/mol. The van der Waals surface area contributed by atoms with E-state index >= 15 is 0 Å². The van der Waals surface area contributed by atoms with Crippen LogP contribution in [-0.4, -0.2) is 45.7 Å². The van der Waals surface area contributed by atoms with E-state index in [1.54, 1.807) is 19.1 Å². The lowest BCUT2D eigenvalue weighted by Gasteiger charge is -2.24. The molecule has 0 aliphatic carbocycles. The molecule has 6 heteroatoms. The third-order valence-electron chi connectivity index (χ3n) is 1.82. The van der Waals surface area contributed by atoms with Gasteiger partial charge in [-0.05, 0) is 20.0 Å². The van der Waals surface area contributed by atoms with Crippen molar-refractivity contribution in [3.8, 4) is 0 Å². The van der Waals surface area contributed by atoms with Gasteiger partial charge in [-0.15, -0.1) is 12.1 Å². The normalized spacial score (nSPS) is 12.1. The van der Waals surface area contributed by atoms with E-state index in [2.05, 4.69) is 6.58 Å². The summed E-state index contributed by atoms with van der Waals surface area (Å²) in [7, 11) is 3.21. The first-order valence-corrected chi connectivity index (χ1v) is 4.43. The van der Waals surface area contributed by atoms with Gasteiger partial charge in [-0.1, -0.05) is 0 Å². The molecule has 0 N–H and O–H groups in total. The molecule has 0 unspecified atom stereocenters. The minimum Gasteiger partial charge on any atom is -0.445 e. The highest BCUT2D eigenvalue weighted by Crippen LogP contribution is 2.18. The van der Waals surface area contributed by atoms with Crippen molar-refractivity contribution >= 4 is 6.98 Å². The van der Waals surface area contributed by atoms with Gasteiger partial charge < -0.3 is 22.6 Å². The SMILES string of the molecule is C=C(CN(C)CCCOC)[B-](F)(F)F. The number of rotatable bonds is 7. The second kappa shape index (κ2) is 6.08. The summed E-state index contributed by atoms with van der Waals surface area (Å²) in [4.78, 5) is 1.59. The lowest BCUT2D eigenvalue weighted by atomic mass is 9.80. The lowest BCUT2D eigenvalue weighted by molar-refractivity contribution is 0.181. The largest absolute Gasteiger partial charge is 0.506 e. The molecule has 0 radical (unpaired) electrons. The summed E-state index contributed by atoms with van der Waals surface area (Å²) in [6, 6.07) is 0. The molecule has 0 saturated carbocycles. The summed E-state index contributed by atoms with van der Waals surface area (Å²) < 4.78 is 41.1. The first-order chi connectivity index (χ1) is 6.38. The molecule has 84 valence electrons. The van der Waals surface area contributed by atoms with Crippen molar-refractivity contribution in [1.29, 1.82) is 0 Å². The van der Waals surface area contributed by atoms with Crippen molar-refractivity contribution < 1.29 is 17.7 Å². The van der Waals surface area contributed by atoms with E-state index in [4.69, 9.17) is 4.74 Å². The van der Waals surface area contributed by atoms with Crippen LogP contribution in [-0.2, 0) is 4.74 Å². The Balaban J connectivity index is 3.72. The molecule has 0 atom stereocenters. The monoisotopic (exact) mass is 210 g/mol. The number of halogens is 3. The molecule has 0 spiro atoms. The average Bonchev–Trinajstić information content (AvgIpc) is 2.03. The molecule has 0 aromatic rings. The van der Waals surface area contributed by atoms with Crippen LogP contribution in [0.5, 0.6) is 0 Å². The molecule has 0 aliphatic rings. The number of ether oxygens (including phenoxy) is 1. The molecule has 0 aromatic heterocycles. The maximum atomic E-state index is 12.1. The van der Waals surface area contributed by atoms with Gasteiger partial charge in [0, 0.05) is 20.3 Å². The van der Waals surface area contributed by atoms with Gasteiger partial charge in [-0.3, -0.25) is 0 Å². The van der Waals surface area contributed by atoms with E-state index in [1.165, 1.54) is 0 Å². The van der Waals surface area contributed by atoms with Crippen LogP contribution in [0.2, 0.25) is 0 Å². The zero-order chi connectivity index (χ0) is 11.2. The summed E-state index contributed by atoms with van der Waals surface area (Å²) in [5.41, 5.74) is -0.648.